The van der Waals surface area contributed by atoms with Crippen LogP contribution in [0.4, 0.5) is 9.18 Å². The van der Waals surface area contributed by atoms with Gasteiger partial charge in [-0.3, -0.25) is 0 Å². The maximum absolute atomic E-state index is 14.0. The Hall–Kier alpha value is -1.58. The first-order chi connectivity index (χ1) is 8.51. The Kier molecular flexibility index (Phi) is 3.55. The highest BCUT2D eigenvalue weighted by molar-refractivity contribution is 5.69. The zero-order chi connectivity index (χ0) is 13.2. The molecule has 0 N–H and O–H groups in total. The molecule has 1 aromatic carbocycles. The van der Waals surface area contributed by atoms with Crippen LogP contribution in [0, 0.1) is 5.92 Å². The van der Waals surface area contributed by atoms with Crippen LogP contribution in [0.1, 0.15) is 19.4 Å². The van der Waals surface area contributed by atoms with E-state index in [1.807, 2.05) is 44.2 Å². The van der Waals surface area contributed by atoms with E-state index in [1.54, 1.807) is 0 Å². The van der Waals surface area contributed by atoms with Crippen LogP contribution < -0.4 is 0 Å². The third-order valence-corrected chi connectivity index (χ3v) is 3.41. The van der Waals surface area contributed by atoms with E-state index in [2.05, 4.69) is 0 Å². The van der Waals surface area contributed by atoms with Gasteiger partial charge in [-0.2, -0.15) is 0 Å². The van der Waals surface area contributed by atoms with Crippen molar-refractivity contribution in [3.05, 3.63) is 35.9 Å². The van der Waals surface area contributed by atoms with Gasteiger partial charge in [-0.05, 0) is 11.5 Å². The average Bonchev–Trinajstić information content (AvgIpc) is 2.33. The highest BCUT2D eigenvalue weighted by atomic mass is 19.1. The Morgan fingerprint density at radius 1 is 1.39 bits per heavy atom. The molecule has 3 nitrogen and oxygen atoms in total. The second-order valence-electron chi connectivity index (χ2n) is 5.09. The summed E-state index contributed by atoms with van der Waals surface area (Å²) in [6.07, 6.45) is -0.437. The lowest BCUT2D eigenvalue weighted by Gasteiger charge is -2.45. The van der Waals surface area contributed by atoms with E-state index in [-0.39, 0.29) is 25.6 Å². The van der Waals surface area contributed by atoms with Gasteiger partial charge in [-0.1, -0.05) is 44.2 Å². The smallest absolute Gasteiger partial charge is 0.410 e. The Morgan fingerprint density at radius 3 is 2.56 bits per heavy atom. The summed E-state index contributed by atoms with van der Waals surface area (Å²) in [6.45, 7) is 4.16. The minimum atomic E-state index is -1.24. The molecule has 0 atom stereocenters. The van der Waals surface area contributed by atoms with Crippen molar-refractivity contribution < 1.29 is 13.9 Å². The van der Waals surface area contributed by atoms with Gasteiger partial charge < -0.3 is 9.64 Å². The number of rotatable bonds is 3. The summed E-state index contributed by atoms with van der Waals surface area (Å²) < 4.78 is 19.1. The number of carbonyl (C=O) groups is 1. The van der Waals surface area contributed by atoms with E-state index in [0.717, 1.165) is 5.56 Å². The third-order valence-electron chi connectivity index (χ3n) is 3.41. The standard InChI is InChI=1S/C14H18FNO2/c1-11(2)14(15)9-16(10-14)13(17)18-8-12-6-4-3-5-7-12/h3-7,11H,8-10H2,1-2H3. The molecule has 1 aliphatic heterocycles. The van der Waals surface area contributed by atoms with Gasteiger partial charge in [-0.15, -0.1) is 0 Å². The summed E-state index contributed by atoms with van der Waals surface area (Å²) in [5.41, 5.74) is -0.312. The molecule has 0 unspecified atom stereocenters. The lowest BCUT2D eigenvalue weighted by molar-refractivity contribution is -0.0586. The Labute approximate surface area is 107 Å². The lowest BCUT2D eigenvalue weighted by atomic mass is 9.85. The van der Waals surface area contributed by atoms with E-state index in [1.165, 1.54) is 4.90 Å². The minimum Gasteiger partial charge on any atom is -0.445 e. The van der Waals surface area contributed by atoms with Crippen LogP contribution in [0.3, 0.4) is 0 Å². The highest BCUT2D eigenvalue weighted by Gasteiger charge is 2.48. The van der Waals surface area contributed by atoms with Crippen molar-refractivity contribution in [2.24, 2.45) is 5.92 Å². The number of ether oxygens (including phenoxy) is 1. The van der Waals surface area contributed by atoms with Gasteiger partial charge in [0.15, 0.2) is 0 Å². The molecule has 0 bridgehead atoms. The largest absolute Gasteiger partial charge is 0.445 e. The van der Waals surface area contributed by atoms with Crippen molar-refractivity contribution in [3.63, 3.8) is 0 Å². The molecule has 1 saturated heterocycles. The fourth-order valence-corrected chi connectivity index (χ4v) is 1.89. The molecule has 0 aromatic heterocycles. The number of hydrogen-bond acceptors (Lipinski definition) is 2. The van der Waals surface area contributed by atoms with Crippen molar-refractivity contribution in [3.8, 4) is 0 Å². The summed E-state index contributed by atoms with van der Waals surface area (Å²) in [5, 5.41) is 0. The summed E-state index contributed by atoms with van der Waals surface area (Å²) in [4.78, 5) is 13.1. The van der Waals surface area contributed by atoms with E-state index in [0.29, 0.717) is 0 Å². The number of halogens is 1. The fraction of sp³-hybridized carbons (Fsp3) is 0.500. The van der Waals surface area contributed by atoms with Gasteiger partial charge in [0.2, 0.25) is 0 Å². The predicted molar refractivity (Wildman–Crippen MR) is 66.9 cm³/mol. The van der Waals surface area contributed by atoms with Crippen molar-refractivity contribution in [2.45, 2.75) is 26.1 Å². The van der Waals surface area contributed by atoms with E-state index in [9.17, 15) is 9.18 Å². The monoisotopic (exact) mass is 251 g/mol. The van der Waals surface area contributed by atoms with Gasteiger partial charge in [0, 0.05) is 0 Å². The first-order valence-electron chi connectivity index (χ1n) is 6.16. The van der Waals surface area contributed by atoms with Gasteiger partial charge in [0.1, 0.15) is 12.3 Å². The molecular weight excluding hydrogens is 233 g/mol. The maximum atomic E-state index is 14.0. The Morgan fingerprint density at radius 2 is 2.00 bits per heavy atom. The number of carbonyl (C=O) groups excluding carboxylic acids is 1. The van der Waals surface area contributed by atoms with Crippen molar-refractivity contribution >= 4 is 6.09 Å². The summed E-state index contributed by atoms with van der Waals surface area (Å²) in [6, 6.07) is 9.45. The van der Waals surface area contributed by atoms with Crippen LogP contribution in [0.15, 0.2) is 30.3 Å². The maximum Gasteiger partial charge on any atom is 0.410 e. The molecule has 1 aliphatic rings. The van der Waals surface area contributed by atoms with Crippen LogP contribution in [-0.4, -0.2) is 29.8 Å². The minimum absolute atomic E-state index is 0.0735. The molecule has 4 heteroatoms. The van der Waals surface area contributed by atoms with Crippen LogP contribution in [0.25, 0.3) is 0 Å². The number of alkyl halides is 1. The van der Waals surface area contributed by atoms with Gasteiger partial charge >= 0.3 is 6.09 Å². The van der Waals surface area contributed by atoms with Crippen LogP contribution in [0.2, 0.25) is 0 Å². The van der Waals surface area contributed by atoms with Crippen LogP contribution in [-0.2, 0) is 11.3 Å². The summed E-state index contributed by atoms with van der Waals surface area (Å²) in [7, 11) is 0. The van der Waals surface area contributed by atoms with Gasteiger partial charge in [0.25, 0.3) is 0 Å². The predicted octanol–water partition coefficient (Wildman–Crippen LogP) is 3.00. The molecule has 2 rings (SSSR count). The number of amides is 1. The lowest BCUT2D eigenvalue weighted by Crippen LogP contribution is -2.63. The second-order valence-corrected chi connectivity index (χ2v) is 5.09. The van der Waals surface area contributed by atoms with E-state index < -0.39 is 11.8 Å². The molecule has 0 spiro atoms. The molecule has 0 saturated carbocycles. The van der Waals surface area contributed by atoms with Crippen molar-refractivity contribution in [2.75, 3.05) is 13.1 Å². The molecular formula is C14H18FNO2. The average molecular weight is 251 g/mol. The second kappa shape index (κ2) is 4.96. The van der Waals surface area contributed by atoms with E-state index in [4.69, 9.17) is 4.74 Å². The summed E-state index contributed by atoms with van der Waals surface area (Å²) >= 11 is 0. The molecule has 1 aromatic rings. The topological polar surface area (TPSA) is 29.5 Å². The molecule has 18 heavy (non-hydrogen) atoms. The highest BCUT2D eigenvalue weighted by Crippen LogP contribution is 2.33. The third kappa shape index (κ3) is 2.63. The SMILES string of the molecule is CC(C)C1(F)CN(C(=O)OCc2ccccc2)C1. The molecule has 0 aliphatic carbocycles. The first kappa shape index (κ1) is 12.9. The molecule has 0 radical (unpaired) electrons. The van der Waals surface area contributed by atoms with Crippen molar-refractivity contribution in [1.29, 1.82) is 0 Å². The molecule has 1 amide bonds. The quantitative estimate of drug-likeness (QED) is 0.826. The van der Waals surface area contributed by atoms with Crippen LogP contribution in [0.5, 0.6) is 0 Å². The van der Waals surface area contributed by atoms with Crippen LogP contribution >= 0.6 is 0 Å². The number of benzene rings is 1. The van der Waals surface area contributed by atoms with Crippen molar-refractivity contribution in [1.82, 2.24) is 4.90 Å². The molecule has 98 valence electrons. The number of likely N-dealkylation sites (tertiary alicyclic amines) is 1. The summed E-state index contributed by atoms with van der Waals surface area (Å²) in [5.74, 6) is -0.0735. The molecule has 1 heterocycles. The van der Waals surface area contributed by atoms with E-state index >= 15 is 0 Å². The zero-order valence-electron chi connectivity index (χ0n) is 10.7. The number of nitrogens with zero attached hydrogens (tertiary/aromatic N) is 1. The fourth-order valence-electron chi connectivity index (χ4n) is 1.89. The van der Waals surface area contributed by atoms with Gasteiger partial charge in [0.05, 0.1) is 13.1 Å². The molecule has 1 fully saturated rings. The Balaban J connectivity index is 1.78. The number of hydrogen-bond donors (Lipinski definition) is 0. The zero-order valence-corrected chi connectivity index (χ0v) is 10.7. The normalized spacial score (nSPS) is 17.4. The van der Waals surface area contributed by atoms with Gasteiger partial charge in [-0.25, -0.2) is 9.18 Å². The first-order valence-corrected chi connectivity index (χ1v) is 6.16. The Bertz CT molecular complexity index is 413.